The third-order valence-corrected chi connectivity index (χ3v) is 12.3. The summed E-state index contributed by atoms with van der Waals surface area (Å²) in [6.45, 7) is 2.50. The fourth-order valence-corrected chi connectivity index (χ4v) is 12.0. The van der Waals surface area contributed by atoms with Crippen LogP contribution in [0, 0.1) is 46.3 Å². The normalized spacial score (nSPS) is 56.5. The average Bonchev–Trinajstić information content (AvgIpc) is 3.15. The first-order valence-corrected chi connectivity index (χ1v) is 12.8. The lowest BCUT2D eigenvalue weighted by Crippen LogP contribution is -2.66. The van der Waals surface area contributed by atoms with Crippen LogP contribution in [0.2, 0.25) is 0 Å². The fourth-order valence-electron chi connectivity index (χ4n) is 12.0. The predicted octanol–water partition coefficient (Wildman–Crippen LogP) is 3.66. The molecule has 5 heteroatoms. The van der Waals surface area contributed by atoms with Gasteiger partial charge in [0.15, 0.2) is 0 Å². The van der Waals surface area contributed by atoms with Gasteiger partial charge >= 0.3 is 11.4 Å². The van der Waals surface area contributed by atoms with Crippen LogP contribution in [0.4, 0.5) is 0 Å². The first-order chi connectivity index (χ1) is 14.4. The van der Waals surface area contributed by atoms with E-state index in [0.717, 1.165) is 41.9 Å². The van der Waals surface area contributed by atoms with Crippen LogP contribution in [0.15, 0.2) is 9.59 Å². The minimum absolute atomic E-state index is 0.0265. The second-order valence-corrected chi connectivity index (χ2v) is 13.2. The molecule has 0 amide bonds. The molecule has 6 unspecified atom stereocenters. The van der Waals surface area contributed by atoms with E-state index in [9.17, 15) is 9.59 Å². The van der Waals surface area contributed by atoms with Gasteiger partial charge in [-0.25, -0.2) is 23.5 Å². The molecule has 1 spiro atoms. The number of nitrogens with zero attached hydrogens (tertiary/aromatic N) is 3. The SMILES string of the molecule is Cn1c(=O)n2n(c1=O)C(C)(C13CC4CC(CC(C4)C1)C3)C13CC4CC(CC1C4)CC23. The Labute approximate surface area is 177 Å². The fraction of sp³-hybridized carbons (Fsp3) is 0.920. The van der Waals surface area contributed by atoms with E-state index in [2.05, 4.69) is 11.6 Å². The summed E-state index contributed by atoms with van der Waals surface area (Å²) in [5.41, 5.74) is 0.111. The van der Waals surface area contributed by atoms with Crippen LogP contribution >= 0.6 is 0 Å². The van der Waals surface area contributed by atoms with Crippen molar-refractivity contribution in [2.24, 2.45) is 53.4 Å². The van der Waals surface area contributed by atoms with Gasteiger partial charge < -0.3 is 0 Å². The van der Waals surface area contributed by atoms with Gasteiger partial charge in [0, 0.05) is 12.5 Å². The maximum absolute atomic E-state index is 13.7. The molecule has 1 aliphatic heterocycles. The maximum Gasteiger partial charge on any atom is 0.347 e. The minimum Gasteiger partial charge on any atom is -0.246 e. The van der Waals surface area contributed by atoms with Crippen molar-refractivity contribution in [3.05, 3.63) is 21.0 Å². The van der Waals surface area contributed by atoms with Gasteiger partial charge in [-0.3, -0.25) is 0 Å². The molecule has 7 aliphatic carbocycles. The Hall–Kier alpha value is -1.26. The van der Waals surface area contributed by atoms with Gasteiger partial charge in [0.25, 0.3) is 0 Å². The molecule has 1 aromatic heterocycles. The molecular weight excluding hydrogens is 374 g/mol. The van der Waals surface area contributed by atoms with Gasteiger partial charge in [0.05, 0.1) is 11.6 Å². The molecule has 2 heterocycles. The first-order valence-electron chi connectivity index (χ1n) is 12.8. The summed E-state index contributed by atoms with van der Waals surface area (Å²) in [4.78, 5) is 27.2. The number of aromatic nitrogens is 3. The molecule has 0 saturated heterocycles. The van der Waals surface area contributed by atoms with Crippen LogP contribution < -0.4 is 11.4 Å². The summed E-state index contributed by atoms with van der Waals surface area (Å²) < 4.78 is 5.57. The monoisotopic (exact) mass is 409 g/mol. The summed E-state index contributed by atoms with van der Waals surface area (Å²) in [6.07, 6.45) is 14.7. The smallest absolute Gasteiger partial charge is 0.246 e. The van der Waals surface area contributed by atoms with Crippen molar-refractivity contribution in [1.29, 1.82) is 0 Å². The third-order valence-electron chi connectivity index (χ3n) is 12.3. The van der Waals surface area contributed by atoms with E-state index >= 15 is 0 Å². The lowest BCUT2D eigenvalue weighted by Gasteiger charge is -2.66. The second-order valence-electron chi connectivity index (χ2n) is 13.2. The zero-order valence-electron chi connectivity index (χ0n) is 18.5. The first kappa shape index (κ1) is 17.3. The van der Waals surface area contributed by atoms with Crippen LogP contribution in [-0.2, 0) is 12.6 Å². The quantitative estimate of drug-likeness (QED) is 0.711. The van der Waals surface area contributed by atoms with E-state index in [-0.39, 0.29) is 33.8 Å². The lowest BCUT2D eigenvalue weighted by molar-refractivity contribution is -0.176. The van der Waals surface area contributed by atoms with Crippen molar-refractivity contribution < 1.29 is 0 Å². The molecule has 9 rings (SSSR count). The zero-order valence-corrected chi connectivity index (χ0v) is 18.5. The standard InChI is InChI=1S/C25H35N3O2/c1-23(24-10-15-4-16(11-24)6-17(5-15)12-24)25-13-18-3-14(7-19(25)8-18)9-20(25)27-21(29)26(2)22(30)28(23)27/h14-20H,3-13H2,1-2H3. The van der Waals surface area contributed by atoms with Crippen molar-refractivity contribution in [2.45, 2.75) is 89.1 Å². The van der Waals surface area contributed by atoms with E-state index in [1.807, 2.05) is 4.68 Å². The molecule has 1 aromatic rings. The molecule has 162 valence electrons. The zero-order chi connectivity index (χ0) is 20.2. The van der Waals surface area contributed by atoms with Crippen LogP contribution in [-0.4, -0.2) is 13.9 Å². The predicted molar refractivity (Wildman–Crippen MR) is 113 cm³/mol. The van der Waals surface area contributed by atoms with Crippen LogP contribution in [0.1, 0.15) is 83.6 Å². The highest BCUT2D eigenvalue weighted by atomic mass is 16.2. The lowest BCUT2D eigenvalue weighted by atomic mass is 9.39. The Morgan fingerprint density at radius 1 is 0.733 bits per heavy atom. The summed E-state index contributed by atoms with van der Waals surface area (Å²) in [5, 5.41) is 0. The van der Waals surface area contributed by atoms with Crippen LogP contribution in [0.5, 0.6) is 0 Å². The largest absolute Gasteiger partial charge is 0.347 e. The molecule has 0 aromatic carbocycles. The van der Waals surface area contributed by atoms with E-state index in [1.54, 1.807) is 7.05 Å². The van der Waals surface area contributed by atoms with Crippen LogP contribution in [0.25, 0.3) is 0 Å². The topological polar surface area (TPSA) is 48.9 Å². The third kappa shape index (κ3) is 1.55. The Bertz CT molecular complexity index is 1060. The molecule has 30 heavy (non-hydrogen) atoms. The molecule has 6 atom stereocenters. The Morgan fingerprint density at radius 2 is 1.30 bits per heavy atom. The number of hydrogen-bond acceptors (Lipinski definition) is 2. The van der Waals surface area contributed by atoms with Crippen LogP contribution in [0.3, 0.4) is 0 Å². The van der Waals surface area contributed by atoms with E-state index in [4.69, 9.17) is 0 Å². The van der Waals surface area contributed by atoms with E-state index in [1.165, 1.54) is 68.8 Å². The Kier molecular flexibility index (Phi) is 2.82. The van der Waals surface area contributed by atoms with Crippen molar-refractivity contribution in [1.82, 2.24) is 13.9 Å². The summed E-state index contributed by atoms with van der Waals surface area (Å²) in [6, 6.07) is 0.258. The number of rotatable bonds is 1. The molecular formula is C25H35N3O2. The molecule has 0 N–H and O–H groups in total. The molecule has 7 bridgehead atoms. The van der Waals surface area contributed by atoms with Gasteiger partial charge in [-0.05, 0) is 118 Å². The number of hydrogen-bond donors (Lipinski definition) is 0. The highest BCUT2D eigenvalue weighted by Crippen LogP contribution is 2.79. The highest BCUT2D eigenvalue weighted by molar-refractivity contribution is 5.26. The maximum atomic E-state index is 13.7. The van der Waals surface area contributed by atoms with Gasteiger partial charge in [-0.1, -0.05) is 0 Å². The van der Waals surface area contributed by atoms with Crippen molar-refractivity contribution in [2.75, 3.05) is 0 Å². The summed E-state index contributed by atoms with van der Waals surface area (Å²) in [5.74, 6) is 4.90. The second kappa shape index (κ2) is 4.88. The Morgan fingerprint density at radius 3 is 1.97 bits per heavy atom. The number of fused-ring (bicyclic) bond motifs is 4. The minimum atomic E-state index is -0.188. The highest BCUT2D eigenvalue weighted by Gasteiger charge is 2.77. The molecule has 7 fully saturated rings. The molecule has 0 radical (unpaired) electrons. The Balaban J connectivity index is 1.46. The van der Waals surface area contributed by atoms with Gasteiger partial charge in [0.1, 0.15) is 0 Å². The molecule has 7 saturated carbocycles. The van der Waals surface area contributed by atoms with Crippen molar-refractivity contribution >= 4 is 0 Å². The van der Waals surface area contributed by atoms with Gasteiger partial charge in [-0.2, -0.15) is 0 Å². The van der Waals surface area contributed by atoms with E-state index < -0.39 is 0 Å². The van der Waals surface area contributed by atoms with Crippen molar-refractivity contribution in [3.8, 4) is 0 Å². The van der Waals surface area contributed by atoms with E-state index in [0.29, 0.717) is 0 Å². The molecule has 5 nitrogen and oxygen atoms in total. The summed E-state index contributed by atoms with van der Waals surface area (Å²) >= 11 is 0. The summed E-state index contributed by atoms with van der Waals surface area (Å²) in [7, 11) is 1.71. The van der Waals surface area contributed by atoms with Gasteiger partial charge in [0.2, 0.25) is 0 Å². The van der Waals surface area contributed by atoms with Crippen molar-refractivity contribution in [3.63, 3.8) is 0 Å². The molecule has 8 aliphatic rings. The van der Waals surface area contributed by atoms with Gasteiger partial charge in [-0.15, -0.1) is 0 Å². The average molecular weight is 410 g/mol.